The Labute approximate surface area is 184 Å². The van der Waals surface area contributed by atoms with Gasteiger partial charge in [0.1, 0.15) is 16.9 Å². The van der Waals surface area contributed by atoms with E-state index in [9.17, 15) is 9.90 Å². The third-order valence-corrected chi connectivity index (χ3v) is 6.70. The van der Waals surface area contributed by atoms with Crippen LogP contribution in [0.2, 0.25) is 0 Å². The Hall–Kier alpha value is -2.36. The molecule has 0 saturated carbocycles. The third-order valence-electron chi connectivity index (χ3n) is 4.59. The van der Waals surface area contributed by atoms with Gasteiger partial charge < -0.3 is 15.3 Å². The Bertz CT molecular complexity index is 947. The van der Waals surface area contributed by atoms with Crippen molar-refractivity contribution in [2.24, 2.45) is 0 Å². The molecule has 1 atom stereocenters. The minimum atomic E-state index is -0.551. The van der Waals surface area contributed by atoms with Crippen molar-refractivity contribution in [2.75, 3.05) is 18.4 Å². The number of hydrogen-bond acceptors (Lipinski definition) is 8. The molecular formula is C21H27N5O2S2. The summed E-state index contributed by atoms with van der Waals surface area (Å²) in [4.78, 5) is 26.2. The number of rotatable bonds is 5. The first-order valence-electron chi connectivity index (χ1n) is 9.96. The molecule has 0 aliphatic carbocycles. The number of nitrogens with zero attached hydrogens (tertiary/aromatic N) is 4. The lowest BCUT2D eigenvalue weighted by Crippen LogP contribution is -2.27. The first kappa shape index (κ1) is 22.3. The Morgan fingerprint density at radius 3 is 2.53 bits per heavy atom. The van der Waals surface area contributed by atoms with Crippen LogP contribution in [0.5, 0.6) is 0 Å². The number of thiazole rings is 2. The van der Waals surface area contributed by atoms with Crippen LogP contribution in [0.15, 0.2) is 23.7 Å². The fourth-order valence-electron chi connectivity index (χ4n) is 2.94. The summed E-state index contributed by atoms with van der Waals surface area (Å²) in [5, 5.41) is 16.3. The molecule has 9 heteroatoms. The predicted octanol–water partition coefficient (Wildman–Crippen LogP) is 4.70. The number of carbonyl (C=O) groups excluding carboxylic acids is 1. The van der Waals surface area contributed by atoms with E-state index in [1.165, 1.54) is 41.9 Å². The van der Waals surface area contributed by atoms with Crippen LogP contribution in [0.25, 0.3) is 10.6 Å². The topological polar surface area (TPSA) is 91.2 Å². The van der Waals surface area contributed by atoms with Crippen molar-refractivity contribution in [1.82, 2.24) is 19.9 Å². The zero-order valence-electron chi connectivity index (χ0n) is 17.5. The largest absolute Gasteiger partial charge is 0.386 e. The molecule has 3 aromatic rings. The van der Waals surface area contributed by atoms with Gasteiger partial charge in [-0.3, -0.25) is 4.79 Å². The van der Waals surface area contributed by atoms with Crippen LogP contribution in [0.3, 0.4) is 0 Å². The molecule has 0 aromatic carbocycles. The molecule has 30 heavy (non-hydrogen) atoms. The molecule has 0 spiro atoms. The molecule has 1 fully saturated rings. The molecule has 1 aliphatic rings. The van der Waals surface area contributed by atoms with E-state index in [0.29, 0.717) is 0 Å². The van der Waals surface area contributed by atoms with Gasteiger partial charge in [-0.1, -0.05) is 6.07 Å². The van der Waals surface area contributed by atoms with Crippen LogP contribution in [0.4, 0.5) is 10.9 Å². The SMILES string of the molecule is Cc1ccc(Nc2nc(-c3sc(C(C)O)nc3C)cs2)nc1.O=CN1CCCCC1. The highest BCUT2D eigenvalue weighted by atomic mass is 32.1. The second kappa shape index (κ2) is 10.6. The van der Waals surface area contributed by atoms with Crippen LogP contribution in [0.1, 0.15) is 48.6 Å². The molecular weight excluding hydrogens is 418 g/mol. The van der Waals surface area contributed by atoms with E-state index in [4.69, 9.17) is 0 Å². The quantitative estimate of drug-likeness (QED) is 0.553. The second-order valence-corrected chi connectivity index (χ2v) is 9.12. The van der Waals surface area contributed by atoms with Crippen LogP contribution in [0, 0.1) is 13.8 Å². The Balaban J connectivity index is 0.000000269. The fourth-order valence-corrected chi connectivity index (χ4v) is 4.69. The van der Waals surface area contributed by atoms with Crippen LogP contribution >= 0.6 is 22.7 Å². The van der Waals surface area contributed by atoms with Crippen LogP contribution < -0.4 is 5.32 Å². The van der Waals surface area contributed by atoms with Gasteiger partial charge in [0.2, 0.25) is 6.41 Å². The van der Waals surface area contributed by atoms with Gasteiger partial charge in [-0.15, -0.1) is 22.7 Å². The smallest absolute Gasteiger partial charge is 0.209 e. The molecule has 3 aromatic heterocycles. The van der Waals surface area contributed by atoms with Crippen LogP contribution in [-0.4, -0.2) is 44.5 Å². The molecule has 4 rings (SSSR count). The number of piperidine rings is 1. The van der Waals surface area contributed by atoms with E-state index in [0.717, 1.165) is 57.3 Å². The van der Waals surface area contributed by atoms with E-state index in [2.05, 4.69) is 20.3 Å². The standard InChI is InChI=1S/C15H16N4OS2.C6H11NO/c1-8-4-5-12(16-6-8)19-15-18-11(7-21-15)13-9(2)17-14(22-13)10(3)20;8-6-7-4-2-1-3-5-7/h4-7,10,20H,1-3H3,(H,16,18,19);6H,1-5H2. The third kappa shape index (κ3) is 6.07. The lowest BCUT2D eigenvalue weighted by atomic mass is 10.1. The maximum atomic E-state index is 10.1. The zero-order chi connectivity index (χ0) is 21.5. The summed E-state index contributed by atoms with van der Waals surface area (Å²) in [6, 6.07) is 3.94. The molecule has 1 unspecified atom stereocenters. The zero-order valence-corrected chi connectivity index (χ0v) is 19.1. The summed E-state index contributed by atoms with van der Waals surface area (Å²) in [6.07, 6.45) is 5.89. The molecule has 2 N–H and O–H groups in total. The molecule has 4 heterocycles. The van der Waals surface area contributed by atoms with E-state index < -0.39 is 6.10 Å². The predicted molar refractivity (Wildman–Crippen MR) is 122 cm³/mol. The van der Waals surface area contributed by atoms with Gasteiger partial charge in [-0.2, -0.15) is 0 Å². The summed E-state index contributed by atoms with van der Waals surface area (Å²) in [6.45, 7) is 7.61. The van der Waals surface area contributed by atoms with Crippen molar-refractivity contribution < 1.29 is 9.90 Å². The van der Waals surface area contributed by atoms with Crippen LogP contribution in [-0.2, 0) is 4.79 Å². The number of likely N-dealkylation sites (tertiary alicyclic amines) is 1. The Kier molecular flexibility index (Phi) is 7.89. The van der Waals surface area contributed by atoms with Crippen molar-refractivity contribution in [1.29, 1.82) is 0 Å². The molecule has 7 nitrogen and oxygen atoms in total. The number of anilines is 2. The average Bonchev–Trinajstić information content (AvgIpc) is 3.37. The molecule has 160 valence electrons. The molecule has 1 aliphatic heterocycles. The number of aryl methyl sites for hydroxylation is 2. The highest BCUT2D eigenvalue weighted by Crippen LogP contribution is 2.34. The van der Waals surface area contributed by atoms with Gasteiger partial charge in [-0.05, 0) is 51.7 Å². The van der Waals surface area contributed by atoms with Gasteiger partial charge >= 0.3 is 0 Å². The second-order valence-electron chi connectivity index (χ2n) is 7.23. The van der Waals surface area contributed by atoms with E-state index in [1.807, 2.05) is 42.5 Å². The summed E-state index contributed by atoms with van der Waals surface area (Å²) in [7, 11) is 0. The first-order chi connectivity index (χ1) is 14.5. The summed E-state index contributed by atoms with van der Waals surface area (Å²) >= 11 is 3.01. The normalized spacial score (nSPS) is 14.6. The van der Waals surface area contributed by atoms with Gasteiger partial charge in [0.15, 0.2) is 5.13 Å². The first-order valence-corrected chi connectivity index (χ1v) is 11.7. The number of nitrogens with one attached hydrogen (secondary N) is 1. The number of aliphatic hydroxyl groups excluding tert-OH is 1. The van der Waals surface area contributed by atoms with E-state index >= 15 is 0 Å². The molecule has 0 radical (unpaired) electrons. The maximum Gasteiger partial charge on any atom is 0.209 e. The number of aliphatic hydroxyl groups is 1. The average molecular weight is 446 g/mol. The summed E-state index contributed by atoms with van der Waals surface area (Å²) < 4.78 is 0. The van der Waals surface area contributed by atoms with Crippen molar-refractivity contribution in [3.8, 4) is 10.6 Å². The van der Waals surface area contributed by atoms with Gasteiger partial charge in [-0.25, -0.2) is 15.0 Å². The Morgan fingerprint density at radius 1 is 1.20 bits per heavy atom. The van der Waals surface area contributed by atoms with Crippen molar-refractivity contribution in [3.63, 3.8) is 0 Å². The van der Waals surface area contributed by atoms with Crippen molar-refractivity contribution >= 4 is 40.0 Å². The summed E-state index contributed by atoms with van der Waals surface area (Å²) in [5.41, 5.74) is 2.89. The monoisotopic (exact) mass is 445 g/mol. The minimum absolute atomic E-state index is 0.551. The summed E-state index contributed by atoms with van der Waals surface area (Å²) in [5.74, 6) is 0.775. The van der Waals surface area contributed by atoms with Gasteiger partial charge in [0, 0.05) is 24.7 Å². The fraction of sp³-hybridized carbons (Fsp3) is 0.429. The van der Waals surface area contributed by atoms with Crippen molar-refractivity contribution in [2.45, 2.75) is 46.1 Å². The lowest BCUT2D eigenvalue weighted by Gasteiger charge is -2.21. The number of carbonyl (C=O) groups is 1. The number of pyridine rings is 1. The lowest BCUT2D eigenvalue weighted by molar-refractivity contribution is -0.118. The molecule has 1 saturated heterocycles. The van der Waals surface area contributed by atoms with Crippen molar-refractivity contribution in [3.05, 3.63) is 40.0 Å². The van der Waals surface area contributed by atoms with E-state index in [1.54, 1.807) is 6.92 Å². The highest BCUT2D eigenvalue weighted by Gasteiger charge is 2.15. The van der Waals surface area contributed by atoms with E-state index in [-0.39, 0.29) is 0 Å². The van der Waals surface area contributed by atoms with Gasteiger partial charge in [0.05, 0.1) is 16.3 Å². The number of aromatic nitrogens is 3. The highest BCUT2D eigenvalue weighted by molar-refractivity contribution is 7.17. The Morgan fingerprint density at radius 2 is 1.97 bits per heavy atom. The molecule has 1 amide bonds. The number of hydrogen-bond donors (Lipinski definition) is 2. The van der Waals surface area contributed by atoms with Gasteiger partial charge in [0.25, 0.3) is 0 Å². The minimum Gasteiger partial charge on any atom is -0.386 e. The molecule has 0 bridgehead atoms. The maximum absolute atomic E-state index is 10.1. The number of amides is 1.